The summed E-state index contributed by atoms with van der Waals surface area (Å²) in [6, 6.07) is 28.3. The van der Waals surface area contributed by atoms with Gasteiger partial charge in [-0.05, 0) is 60.4 Å². The maximum absolute atomic E-state index is 14.5. The predicted molar refractivity (Wildman–Crippen MR) is 178 cm³/mol. The van der Waals surface area contributed by atoms with E-state index in [9.17, 15) is 22.4 Å². The number of hydrogen-bond acceptors (Lipinski definition) is 4. The lowest BCUT2D eigenvalue weighted by atomic mass is 9.94. The fourth-order valence-electron chi connectivity index (χ4n) is 5.77. The summed E-state index contributed by atoms with van der Waals surface area (Å²) in [5.74, 6) is -1.36. The van der Waals surface area contributed by atoms with Crippen molar-refractivity contribution in [1.29, 1.82) is 0 Å². The van der Waals surface area contributed by atoms with Crippen LogP contribution in [0.2, 0.25) is 5.02 Å². The summed E-state index contributed by atoms with van der Waals surface area (Å²) in [5, 5.41) is 3.32. The molecule has 5 rings (SSSR count). The molecule has 10 heteroatoms. The number of halogens is 2. The first kappa shape index (κ1) is 33.2. The molecule has 0 radical (unpaired) electrons. The van der Waals surface area contributed by atoms with Crippen LogP contribution in [0.1, 0.15) is 43.2 Å². The molecule has 1 fully saturated rings. The summed E-state index contributed by atoms with van der Waals surface area (Å²) in [6.45, 7) is -0.666. The van der Waals surface area contributed by atoms with E-state index in [1.165, 1.54) is 35.2 Å². The van der Waals surface area contributed by atoms with E-state index in [4.69, 9.17) is 11.6 Å². The van der Waals surface area contributed by atoms with Gasteiger partial charge in [0.25, 0.3) is 10.0 Å². The van der Waals surface area contributed by atoms with Crippen molar-refractivity contribution < 1.29 is 22.4 Å². The minimum absolute atomic E-state index is 0.0105. The Bertz CT molecular complexity index is 1720. The molecule has 0 heterocycles. The normalized spacial score (nSPS) is 14.3. The predicted octanol–water partition coefficient (Wildman–Crippen LogP) is 6.76. The highest BCUT2D eigenvalue weighted by molar-refractivity contribution is 7.92. The van der Waals surface area contributed by atoms with Crippen molar-refractivity contribution in [3.05, 3.63) is 131 Å². The second-order valence-corrected chi connectivity index (χ2v) is 13.7. The van der Waals surface area contributed by atoms with Crippen LogP contribution in [0, 0.1) is 5.82 Å². The van der Waals surface area contributed by atoms with E-state index >= 15 is 0 Å². The highest BCUT2D eigenvalue weighted by Crippen LogP contribution is 2.31. The van der Waals surface area contributed by atoms with E-state index < -0.39 is 34.3 Å². The summed E-state index contributed by atoms with van der Waals surface area (Å²) in [4.78, 5) is 30.0. The zero-order valence-electron chi connectivity index (χ0n) is 25.4. The molecule has 0 saturated heterocycles. The van der Waals surface area contributed by atoms with Gasteiger partial charge in [-0.25, -0.2) is 12.8 Å². The van der Waals surface area contributed by atoms with Gasteiger partial charge >= 0.3 is 0 Å². The minimum atomic E-state index is -4.26. The number of sulfonamides is 1. The summed E-state index contributed by atoms with van der Waals surface area (Å²) in [5.41, 5.74) is 1.56. The van der Waals surface area contributed by atoms with Crippen LogP contribution in [0.5, 0.6) is 0 Å². The third kappa shape index (κ3) is 8.33. The lowest BCUT2D eigenvalue weighted by Gasteiger charge is -2.35. The first-order valence-electron chi connectivity index (χ1n) is 15.4. The lowest BCUT2D eigenvalue weighted by Crippen LogP contribution is -2.55. The number of nitrogens with one attached hydrogen (secondary N) is 1. The average molecular weight is 662 g/mol. The maximum Gasteiger partial charge on any atom is 0.264 e. The number of para-hydroxylation sites is 1. The Labute approximate surface area is 275 Å². The van der Waals surface area contributed by atoms with Crippen molar-refractivity contribution in [2.45, 2.75) is 62.0 Å². The van der Waals surface area contributed by atoms with Crippen LogP contribution in [-0.2, 0) is 32.6 Å². The van der Waals surface area contributed by atoms with Gasteiger partial charge in [-0.1, -0.05) is 104 Å². The molecule has 0 aliphatic heterocycles. The molecule has 1 aliphatic rings. The maximum atomic E-state index is 14.5. The smallest absolute Gasteiger partial charge is 0.264 e. The summed E-state index contributed by atoms with van der Waals surface area (Å²) < 4.78 is 43.0. The molecule has 4 aromatic carbocycles. The third-order valence-electron chi connectivity index (χ3n) is 8.22. The number of amides is 2. The zero-order valence-corrected chi connectivity index (χ0v) is 27.0. The fourth-order valence-corrected chi connectivity index (χ4v) is 7.51. The number of nitrogens with zero attached hydrogens (tertiary/aromatic N) is 2. The minimum Gasteiger partial charge on any atom is -0.352 e. The second-order valence-electron chi connectivity index (χ2n) is 11.5. The van der Waals surface area contributed by atoms with Gasteiger partial charge in [0.2, 0.25) is 11.8 Å². The van der Waals surface area contributed by atoms with Crippen molar-refractivity contribution >= 4 is 39.1 Å². The quantitative estimate of drug-likeness (QED) is 0.182. The number of rotatable bonds is 12. The van der Waals surface area contributed by atoms with Crippen molar-refractivity contribution in [1.82, 2.24) is 10.2 Å². The number of carbonyl (C=O) groups is 2. The second kappa shape index (κ2) is 15.4. The lowest BCUT2D eigenvalue weighted by molar-refractivity contribution is -0.140. The topological polar surface area (TPSA) is 86.8 Å². The van der Waals surface area contributed by atoms with Crippen LogP contribution in [0.15, 0.2) is 114 Å². The average Bonchev–Trinajstić information content (AvgIpc) is 3.07. The van der Waals surface area contributed by atoms with Crippen molar-refractivity contribution in [2.75, 3.05) is 10.8 Å². The molecule has 1 N–H and O–H groups in total. The number of carbonyl (C=O) groups excluding carboxylic acids is 2. The molecule has 7 nitrogen and oxygen atoms in total. The van der Waals surface area contributed by atoms with Crippen LogP contribution in [0.25, 0.3) is 0 Å². The van der Waals surface area contributed by atoms with Crippen LogP contribution in [-0.4, -0.2) is 43.8 Å². The molecule has 1 saturated carbocycles. The molecule has 46 heavy (non-hydrogen) atoms. The third-order valence-corrected chi connectivity index (χ3v) is 10.3. The molecule has 2 amide bonds. The van der Waals surface area contributed by atoms with Crippen LogP contribution in [0.4, 0.5) is 10.1 Å². The van der Waals surface area contributed by atoms with E-state index in [0.717, 1.165) is 42.0 Å². The van der Waals surface area contributed by atoms with E-state index in [1.807, 2.05) is 30.3 Å². The summed E-state index contributed by atoms with van der Waals surface area (Å²) >= 11 is 6.52. The first-order valence-corrected chi connectivity index (χ1v) is 17.2. The zero-order chi connectivity index (χ0) is 32.5. The molecule has 0 spiro atoms. The Morgan fingerprint density at radius 3 is 2.07 bits per heavy atom. The highest BCUT2D eigenvalue weighted by atomic mass is 35.5. The van der Waals surface area contributed by atoms with Crippen molar-refractivity contribution in [3.63, 3.8) is 0 Å². The van der Waals surface area contributed by atoms with Gasteiger partial charge in [0.1, 0.15) is 18.4 Å². The van der Waals surface area contributed by atoms with Crippen LogP contribution < -0.4 is 9.62 Å². The molecular formula is C36H37ClFN3O4S. The molecular weight excluding hydrogens is 625 g/mol. The van der Waals surface area contributed by atoms with Crippen LogP contribution in [0.3, 0.4) is 0 Å². The van der Waals surface area contributed by atoms with Gasteiger partial charge in [-0.15, -0.1) is 0 Å². The summed E-state index contributed by atoms with van der Waals surface area (Å²) in [7, 11) is -4.26. The van der Waals surface area contributed by atoms with Crippen molar-refractivity contribution in [2.24, 2.45) is 0 Å². The van der Waals surface area contributed by atoms with Crippen LogP contribution >= 0.6 is 11.6 Å². The van der Waals surface area contributed by atoms with Gasteiger partial charge in [0.05, 0.1) is 15.6 Å². The monoisotopic (exact) mass is 661 g/mol. The highest BCUT2D eigenvalue weighted by Gasteiger charge is 2.36. The Kier molecular flexibility index (Phi) is 11.1. The fraction of sp³-hybridized carbons (Fsp3) is 0.278. The standard InChI is InChI=1S/C36H37ClFN3O4S/c37-32-18-10-11-19-33(32)41(46(44,45)31-16-8-3-9-17-31)26-35(42)40(25-28-20-22-29(38)23-21-28)34(24-27-12-4-1-5-13-27)36(43)39-30-14-6-2-7-15-30/h1,3-5,8-13,16-23,30,34H,2,6-7,14-15,24-26H2,(H,39,43)/t34-/m1/s1. The Balaban J connectivity index is 1.56. The van der Waals surface area contributed by atoms with Gasteiger partial charge in [-0.2, -0.15) is 0 Å². The van der Waals surface area contributed by atoms with Gasteiger partial charge in [0, 0.05) is 19.0 Å². The Hall–Kier alpha value is -4.21. The SMILES string of the molecule is O=C(NC1CCCCC1)[C@@H](Cc1ccccc1)N(Cc1ccc(F)cc1)C(=O)CN(c1ccccc1Cl)S(=O)(=O)c1ccccc1. The molecule has 0 aromatic heterocycles. The first-order chi connectivity index (χ1) is 22.2. The van der Waals surface area contributed by atoms with Gasteiger partial charge in [0.15, 0.2) is 0 Å². The van der Waals surface area contributed by atoms with Crippen molar-refractivity contribution in [3.8, 4) is 0 Å². The number of anilines is 1. The van der Waals surface area contributed by atoms with E-state index in [2.05, 4.69) is 5.32 Å². The van der Waals surface area contributed by atoms with E-state index in [0.29, 0.717) is 5.56 Å². The molecule has 1 atom stereocenters. The van der Waals surface area contributed by atoms with Gasteiger partial charge in [-0.3, -0.25) is 13.9 Å². The van der Waals surface area contributed by atoms with E-state index in [1.54, 1.807) is 48.5 Å². The summed E-state index contributed by atoms with van der Waals surface area (Å²) in [6.07, 6.45) is 5.04. The van der Waals surface area contributed by atoms with E-state index in [-0.39, 0.29) is 40.5 Å². The molecule has 240 valence electrons. The Morgan fingerprint density at radius 2 is 1.41 bits per heavy atom. The molecule has 4 aromatic rings. The molecule has 0 unspecified atom stereocenters. The number of hydrogen-bond donors (Lipinski definition) is 1. The number of benzene rings is 4. The molecule has 0 bridgehead atoms. The van der Waals surface area contributed by atoms with Gasteiger partial charge < -0.3 is 10.2 Å². The molecule has 1 aliphatic carbocycles. The largest absolute Gasteiger partial charge is 0.352 e. The Morgan fingerprint density at radius 1 is 0.804 bits per heavy atom.